The average Bonchev–Trinajstić information content (AvgIpc) is 3.46. The zero-order valence-corrected chi connectivity index (χ0v) is 21.8. The Bertz CT molecular complexity index is 1640. The first-order valence-corrected chi connectivity index (χ1v) is 12.7. The average molecular weight is 514 g/mol. The third-order valence-electron chi connectivity index (χ3n) is 6.65. The van der Waals surface area contributed by atoms with Gasteiger partial charge in [0.2, 0.25) is 5.89 Å². The normalized spacial score (nSPS) is 10.9. The van der Waals surface area contributed by atoms with E-state index in [9.17, 15) is 0 Å². The lowest BCUT2D eigenvalue weighted by Crippen LogP contribution is -1.94. The summed E-state index contributed by atoms with van der Waals surface area (Å²) >= 11 is 0. The Labute approximate surface area is 227 Å². The first-order chi connectivity index (χ1) is 19.2. The van der Waals surface area contributed by atoms with Crippen molar-refractivity contribution in [3.63, 3.8) is 0 Å². The largest absolute Gasteiger partial charge is 0.497 e. The van der Waals surface area contributed by atoms with Crippen LogP contribution in [0.25, 0.3) is 44.8 Å². The van der Waals surface area contributed by atoms with Crippen LogP contribution in [0.4, 0.5) is 0 Å². The van der Waals surface area contributed by atoms with Crippen LogP contribution in [0.1, 0.15) is 5.56 Å². The fraction of sp³-hybridized carbons (Fsp3) is 0.0882. The summed E-state index contributed by atoms with van der Waals surface area (Å²) in [7, 11) is 3.31. The molecule has 0 aliphatic rings. The number of hydrogen-bond acceptors (Lipinski definition) is 5. The van der Waals surface area contributed by atoms with Gasteiger partial charge in [-0.1, -0.05) is 42.5 Å². The smallest absolute Gasteiger partial charge is 0.227 e. The van der Waals surface area contributed by atoms with Crippen molar-refractivity contribution in [2.75, 3.05) is 14.2 Å². The van der Waals surface area contributed by atoms with Gasteiger partial charge in [0.05, 0.1) is 14.2 Å². The minimum Gasteiger partial charge on any atom is -0.497 e. The van der Waals surface area contributed by atoms with Crippen molar-refractivity contribution in [3.8, 4) is 51.3 Å². The van der Waals surface area contributed by atoms with Crippen LogP contribution in [0.3, 0.4) is 0 Å². The Balaban J connectivity index is 1.34. The van der Waals surface area contributed by atoms with E-state index in [1.54, 1.807) is 14.2 Å². The molecule has 0 amide bonds. The lowest BCUT2D eigenvalue weighted by Gasteiger charge is -2.08. The molecule has 1 heterocycles. The molecule has 0 N–H and O–H groups in total. The molecule has 0 aliphatic heterocycles. The maximum absolute atomic E-state index is 6.42. The van der Waals surface area contributed by atoms with Gasteiger partial charge in [0.15, 0.2) is 5.76 Å². The molecule has 39 heavy (non-hydrogen) atoms. The Morgan fingerprint density at radius 2 is 1.18 bits per heavy atom. The van der Waals surface area contributed by atoms with E-state index in [1.807, 2.05) is 78.9 Å². The van der Waals surface area contributed by atoms with Gasteiger partial charge in [-0.3, -0.25) is 0 Å². The molecule has 1 aromatic heterocycles. The third kappa shape index (κ3) is 5.20. The highest BCUT2D eigenvalue weighted by molar-refractivity contribution is 5.88. The van der Waals surface area contributed by atoms with Gasteiger partial charge in [-0.15, -0.1) is 0 Å². The molecule has 5 nitrogen and oxygen atoms in total. The summed E-state index contributed by atoms with van der Waals surface area (Å²) in [6.45, 7) is 0.531. The van der Waals surface area contributed by atoms with E-state index in [-0.39, 0.29) is 0 Å². The second kappa shape index (κ2) is 10.8. The van der Waals surface area contributed by atoms with Crippen molar-refractivity contribution in [2.45, 2.75) is 6.61 Å². The Morgan fingerprint density at radius 3 is 1.87 bits per heavy atom. The van der Waals surface area contributed by atoms with Crippen molar-refractivity contribution < 1.29 is 18.6 Å². The number of nitrogens with zero attached hydrogens (tertiary/aromatic N) is 1. The van der Waals surface area contributed by atoms with Crippen LogP contribution in [0, 0.1) is 0 Å². The second-order valence-electron chi connectivity index (χ2n) is 9.15. The van der Waals surface area contributed by atoms with Gasteiger partial charge in [0.1, 0.15) is 29.5 Å². The SMILES string of the molecule is COc1ccc(-c2nc(-c3ccc4cc(OCc5ccccc5)ccc4c3)oc2-c2ccc(OC)cc2)cc1. The molecule has 0 aliphatic carbocycles. The van der Waals surface area contributed by atoms with E-state index in [0.717, 1.165) is 56.0 Å². The fourth-order valence-electron chi connectivity index (χ4n) is 4.51. The Morgan fingerprint density at radius 1 is 0.590 bits per heavy atom. The molecule has 5 heteroatoms. The summed E-state index contributed by atoms with van der Waals surface area (Å²) in [5.74, 6) is 3.65. The van der Waals surface area contributed by atoms with Gasteiger partial charge in [-0.05, 0) is 89.1 Å². The molecule has 0 atom stereocenters. The van der Waals surface area contributed by atoms with Crippen molar-refractivity contribution >= 4 is 10.8 Å². The number of methoxy groups -OCH3 is 2. The van der Waals surface area contributed by atoms with Crippen LogP contribution < -0.4 is 14.2 Å². The van der Waals surface area contributed by atoms with E-state index in [0.29, 0.717) is 18.3 Å². The monoisotopic (exact) mass is 513 g/mol. The first kappa shape index (κ1) is 24.3. The number of aromatic nitrogens is 1. The van der Waals surface area contributed by atoms with Crippen LogP contribution in [-0.2, 0) is 6.61 Å². The lowest BCUT2D eigenvalue weighted by molar-refractivity contribution is 0.306. The standard InChI is InChI=1S/C34H27NO4/c1-36-29-15-10-24(11-16-29)32-33(25-12-17-30(37-2)18-13-25)39-34(35-32)28-9-8-27-21-31(19-14-26(27)20-28)38-22-23-6-4-3-5-7-23/h3-21H,22H2,1-2H3. The molecule has 6 rings (SSSR count). The van der Waals surface area contributed by atoms with Crippen molar-refractivity contribution in [2.24, 2.45) is 0 Å². The molecular formula is C34H27NO4. The zero-order valence-electron chi connectivity index (χ0n) is 21.8. The molecule has 5 aromatic carbocycles. The summed E-state index contributed by atoms with van der Waals surface area (Å²) in [4.78, 5) is 4.95. The lowest BCUT2D eigenvalue weighted by atomic mass is 10.1. The van der Waals surface area contributed by atoms with E-state index < -0.39 is 0 Å². The molecule has 0 radical (unpaired) electrons. The van der Waals surface area contributed by atoms with Gasteiger partial charge in [0.25, 0.3) is 0 Å². The van der Waals surface area contributed by atoms with Crippen LogP contribution in [-0.4, -0.2) is 19.2 Å². The molecule has 192 valence electrons. The summed E-state index contributed by atoms with van der Waals surface area (Å²) < 4.78 is 23.1. The quantitative estimate of drug-likeness (QED) is 0.204. The van der Waals surface area contributed by atoms with Crippen molar-refractivity contribution in [1.29, 1.82) is 0 Å². The minimum atomic E-state index is 0.531. The van der Waals surface area contributed by atoms with Crippen LogP contribution >= 0.6 is 0 Å². The molecule has 0 saturated heterocycles. The predicted octanol–water partition coefficient (Wildman–Crippen LogP) is 8.43. The molecule has 0 spiro atoms. The zero-order chi connectivity index (χ0) is 26.6. The fourth-order valence-corrected chi connectivity index (χ4v) is 4.51. The minimum absolute atomic E-state index is 0.531. The van der Waals surface area contributed by atoms with Gasteiger partial charge in [-0.2, -0.15) is 0 Å². The number of ether oxygens (including phenoxy) is 3. The van der Waals surface area contributed by atoms with E-state index >= 15 is 0 Å². The van der Waals surface area contributed by atoms with Gasteiger partial charge < -0.3 is 18.6 Å². The topological polar surface area (TPSA) is 53.7 Å². The number of rotatable bonds is 8. The Kier molecular flexibility index (Phi) is 6.71. The van der Waals surface area contributed by atoms with Gasteiger partial charge in [0, 0.05) is 16.7 Å². The molecule has 0 bridgehead atoms. The van der Waals surface area contributed by atoms with E-state index in [1.165, 1.54) is 0 Å². The summed E-state index contributed by atoms with van der Waals surface area (Å²) in [5, 5.41) is 2.16. The molecule has 0 saturated carbocycles. The number of benzene rings is 5. The highest BCUT2D eigenvalue weighted by Crippen LogP contribution is 2.38. The van der Waals surface area contributed by atoms with Gasteiger partial charge in [-0.25, -0.2) is 4.98 Å². The van der Waals surface area contributed by atoms with Crippen LogP contribution in [0.2, 0.25) is 0 Å². The van der Waals surface area contributed by atoms with Crippen molar-refractivity contribution in [1.82, 2.24) is 4.98 Å². The number of oxazole rings is 1. The van der Waals surface area contributed by atoms with Crippen LogP contribution in [0.15, 0.2) is 120 Å². The van der Waals surface area contributed by atoms with E-state index in [2.05, 4.69) is 36.4 Å². The maximum atomic E-state index is 6.42. The maximum Gasteiger partial charge on any atom is 0.227 e. The predicted molar refractivity (Wildman–Crippen MR) is 154 cm³/mol. The van der Waals surface area contributed by atoms with Gasteiger partial charge >= 0.3 is 0 Å². The van der Waals surface area contributed by atoms with E-state index in [4.69, 9.17) is 23.6 Å². The second-order valence-corrected chi connectivity index (χ2v) is 9.15. The van der Waals surface area contributed by atoms with Crippen LogP contribution in [0.5, 0.6) is 17.2 Å². The third-order valence-corrected chi connectivity index (χ3v) is 6.65. The highest BCUT2D eigenvalue weighted by atomic mass is 16.5. The molecule has 0 unspecified atom stereocenters. The molecular weight excluding hydrogens is 486 g/mol. The summed E-state index contributed by atoms with van der Waals surface area (Å²) in [6, 6.07) is 38.1. The number of hydrogen-bond donors (Lipinski definition) is 0. The summed E-state index contributed by atoms with van der Waals surface area (Å²) in [5.41, 5.74) is 4.66. The van der Waals surface area contributed by atoms with Crippen molar-refractivity contribution in [3.05, 3.63) is 121 Å². The first-order valence-electron chi connectivity index (χ1n) is 12.7. The Hall–Kier alpha value is -5.03. The molecule has 0 fully saturated rings. The molecule has 6 aromatic rings. The highest BCUT2D eigenvalue weighted by Gasteiger charge is 2.19. The summed E-state index contributed by atoms with van der Waals surface area (Å²) in [6.07, 6.45) is 0. The number of fused-ring (bicyclic) bond motifs is 1.